The van der Waals surface area contributed by atoms with Crippen LogP contribution in [0.25, 0.3) is 0 Å². The predicted octanol–water partition coefficient (Wildman–Crippen LogP) is 3.05. The van der Waals surface area contributed by atoms with Crippen molar-refractivity contribution < 1.29 is 14.6 Å². The molecule has 0 spiro atoms. The first kappa shape index (κ1) is 14.1. The summed E-state index contributed by atoms with van der Waals surface area (Å²) in [6.45, 7) is 6.58. The monoisotopic (exact) mass is 276 g/mol. The molecule has 0 aliphatic carbocycles. The van der Waals surface area contributed by atoms with Crippen molar-refractivity contribution in [2.45, 2.75) is 69.5 Å². The van der Waals surface area contributed by atoms with Gasteiger partial charge in [-0.05, 0) is 39.2 Å². The molecule has 20 heavy (non-hydrogen) atoms. The Bertz CT molecular complexity index is 480. The molecule has 0 radical (unpaired) electrons. The summed E-state index contributed by atoms with van der Waals surface area (Å²) in [7, 11) is 0. The van der Waals surface area contributed by atoms with Gasteiger partial charge in [-0.3, -0.25) is 0 Å². The smallest absolute Gasteiger partial charge is 0.0952 e. The molecule has 2 fully saturated rings. The maximum atomic E-state index is 10.6. The van der Waals surface area contributed by atoms with Crippen molar-refractivity contribution in [1.29, 1.82) is 0 Å². The molecular formula is C17H24O3. The lowest BCUT2D eigenvalue weighted by Crippen LogP contribution is -2.50. The van der Waals surface area contributed by atoms with E-state index in [9.17, 15) is 5.11 Å². The molecule has 2 saturated heterocycles. The number of hydrogen-bond donors (Lipinski definition) is 1. The Labute approximate surface area is 120 Å². The molecule has 2 bridgehead atoms. The summed E-state index contributed by atoms with van der Waals surface area (Å²) in [5, 5.41) is 10.6. The van der Waals surface area contributed by atoms with Crippen LogP contribution in [0.2, 0.25) is 0 Å². The normalized spacial score (nSPS) is 43.7. The molecule has 110 valence electrons. The maximum Gasteiger partial charge on any atom is 0.0952 e. The van der Waals surface area contributed by atoms with Crippen LogP contribution in [0, 0.1) is 0 Å². The van der Waals surface area contributed by atoms with Crippen molar-refractivity contribution in [2.24, 2.45) is 0 Å². The second-order valence-corrected chi connectivity index (χ2v) is 6.92. The molecule has 1 N–H and O–H groups in total. The molecule has 2 aliphatic rings. The van der Waals surface area contributed by atoms with E-state index in [-0.39, 0.29) is 11.7 Å². The van der Waals surface area contributed by atoms with E-state index in [0.717, 1.165) is 12.8 Å². The minimum atomic E-state index is -0.771. The van der Waals surface area contributed by atoms with Gasteiger partial charge in [0.1, 0.15) is 0 Å². The Morgan fingerprint density at radius 2 is 1.95 bits per heavy atom. The van der Waals surface area contributed by atoms with E-state index in [4.69, 9.17) is 9.47 Å². The fraction of sp³-hybridized carbons (Fsp3) is 0.647. The molecule has 3 nitrogen and oxygen atoms in total. The molecule has 0 saturated carbocycles. The number of benzene rings is 1. The summed E-state index contributed by atoms with van der Waals surface area (Å²) in [5.74, 6) is 0. The second-order valence-electron chi connectivity index (χ2n) is 6.92. The minimum absolute atomic E-state index is 0.0461. The lowest BCUT2D eigenvalue weighted by molar-refractivity contribution is -0.214. The van der Waals surface area contributed by atoms with Crippen molar-refractivity contribution in [2.75, 3.05) is 0 Å². The van der Waals surface area contributed by atoms with Gasteiger partial charge in [0.15, 0.2) is 0 Å². The second kappa shape index (κ2) is 4.55. The van der Waals surface area contributed by atoms with E-state index in [0.29, 0.717) is 13.0 Å². The van der Waals surface area contributed by atoms with E-state index in [1.807, 2.05) is 32.0 Å². The van der Waals surface area contributed by atoms with Gasteiger partial charge in [0.05, 0.1) is 29.5 Å². The lowest BCUT2D eigenvalue weighted by Gasteiger charge is -2.43. The number of fused-ring (bicyclic) bond motifs is 2. The Kier molecular flexibility index (Phi) is 3.20. The van der Waals surface area contributed by atoms with Gasteiger partial charge in [-0.1, -0.05) is 30.3 Å². The third-order valence-electron chi connectivity index (χ3n) is 5.15. The van der Waals surface area contributed by atoms with Crippen LogP contribution in [-0.2, 0) is 16.1 Å². The standard InChI is InChI=1S/C17H24O3/c1-15-12-16(2,18)17(3,20-15)10-9-14(15)19-11-13-7-5-4-6-8-13/h4-8,14,18H,9-12H2,1-3H3/t14-,15+,16+,17+/m1/s1. The fourth-order valence-electron chi connectivity index (χ4n) is 3.77. The van der Waals surface area contributed by atoms with E-state index in [1.165, 1.54) is 5.56 Å². The number of hydrogen-bond acceptors (Lipinski definition) is 3. The van der Waals surface area contributed by atoms with Gasteiger partial charge < -0.3 is 14.6 Å². The van der Waals surface area contributed by atoms with Crippen molar-refractivity contribution in [1.82, 2.24) is 0 Å². The summed E-state index contributed by atoms with van der Waals surface area (Å²) in [6, 6.07) is 10.2. The van der Waals surface area contributed by atoms with Gasteiger partial charge in [0.2, 0.25) is 0 Å². The maximum absolute atomic E-state index is 10.6. The van der Waals surface area contributed by atoms with E-state index in [1.54, 1.807) is 0 Å². The van der Waals surface area contributed by atoms with Crippen LogP contribution in [0.1, 0.15) is 45.6 Å². The topological polar surface area (TPSA) is 38.7 Å². The molecule has 3 heteroatoms. The molecular weight excluding hydrogens is 252 g/mol. The average molecular weight is 276 g/mol. The summed E-state index contributed by atoms with van der Waals surface area (Å²) >= 11 is 0. The van der Waals surface area contributed by atoms with Gasteiger partial charge in [-0.15, -0.1) is 0 Å². The van der Waals surface area contributed by atoms with Gasteiger partial charge in [-0.25, -0.2) is 0 Å². The largest absolute Gasteiger partial charge is 0.387 e. The molecule has 3 rings (SSSR count). The number of rotatable bonds is 3. The Balaban J connectivity index is 1.71. The van der Waals surface area contributed by atoms with Crippen LogP contribution >= 0.6 is 0 Å². The number of ether oxygens (including phenoxy) is 2. The van der Waals surface area contributed by atoms with Crippen molar-refractivity contribution >= 4 is 0 Å². The predicted molar refractivity (Wildman–Crippen MR) is 77.4 cm³/mol. The van der Waals surface area contributed by atoms with E-state index in [2.05, 4.69) is 19.1 Å². The van der Waals surface area contributed by atoms with Crippen LogP contribution in [0.15, 0.2) is 30.3 Å². The highest BCUT2D eigenvalue weighted by atomic mass is 16.6. The zero-order valence-corrected chi connectivity index (χ0v) is 12.6. The Morgan fingerprint density at radius 1 is 1.25 bits per heavy atom. The third-order valence-corrected chi connectivity index (χ3v) is 5.15. The molecule has 1 aromatic carbocycles. The van der Waals surface area contributed by atoms with Crippen molar-refractivity contribution in [3.63, 3.8) is 0 Å². The summed E-state index contributed by atoms with van der Waals surface area (Å²) < 4.78 is 12.3. The van der Waals surface area contributed by atoms with E-state index >= 15 is 0 Å². The fourth-order valence-corrected chi connectivity index (χ4v) is 3.77. The summed E-state index contributed by atoms with van der Waals surface area (Å²) in [4.78, 5) is 0. The van der Waals surface area contributed by atoms with Crippen LogP contribution < -0.4 is 0 Å². The number of aliphatic hydroxyl groups is 1. The van der Waals surface area contributed by atoms with Crippen LogP contribution in [0.3, 0.4) is 0 Å². The molecule has 4 atom stereocenters. The molecule has 2 heterocycles. The first-order valence-electron chi connectivity index (χ1n) is 7.43. The van der Waals surface area contributed by atoms with Crippen LogP contribution in [0.5, 0.6) is 0 Å². The Hall–Kier alpha value is -0.900. The zero-order chi connectivity index (χ0) is 14.4. The molecule has 0 aromatic heterocycles. The third kappa shape index (κ3) is 2.18. The zero-order valence-electron chi connectivity index (χ0n) is 12.6. The van der Waals surface area contributed by atoms with Crippen molar-refractivity contribution in [3.05, 3.63) is 35.9 Å². The molecule has 0 unspecified atom stereocenters. The summed E-state index contributed by atoms with van der Waals surface area (Å²) in [6.07, 6.45) is 2.46. The van der Waals surface area contributed by atoms with Crippen LogP contribution in [0.4, 0.5) is 0 Å². The molecule has 2 aliphatic heterocycles. The van der Waals surface area contributed by atoms with Gasteiger partial charge in [-0.2, -0.15) is 0 Å². The quantitative estimate of drug-likeness (QED) is 0.922. The minimum Gasteiger partial charge on any atom is -0.387 e. The van der Waals surface area contributed by atoms with E-state index < -0.39 is 11.2 Å². The lowest BCUT2D eigenvalue weighted by atomic mass is 9.83. The Morgan fingerprint density at radius 3 is 2.65 bits per heavy atom. The summed E-state index contributed by atoms with van der Waals surface area (Å²) in [5.41, 5.74) is -0.416. The van der Waals surface area contributed by atoms with Gasteiger partial charge in [0.25, 0.3) is 0 Å². The highest BCUT2D eigenvalue weighted by Crippen LogP contribution is 2.54. The highest BCUT2D eigenvalue weighted by Gasteiger charge is 2.63. The first-order chi connectivity index (χ1) is 9.35. The first-order valence-corrected chi connectivity index (χ1v) is 7.43. The molecule has 0 amide bonds. The molecule has 1 aromatic rings. The van der Waals surface area contributed by atoms with Gasteiger partial charge in [0, 0.05) is 6.42 Å². The average Bonchev–Trinajstić information content (AvgIpc) is 2.52. The SMILES string of the molecule is C[C@]1(O)C[C@]2(C)O[C@@]1(C)CC[C@H]2OCc1ccccc1. The van der Waals surface area contributed by atoms with Crippen molar-refractivity contribution in [3.8, 4) is 0 Å². The van der Waals surface area contributed by atoms with Gasteiger partial charge >= 0.3 is 0 Å². The highest BCUT2D eigenvalue weighted by molar-refractivity contribution is 5.15. The van der Waals surface area contributed by atoms with Crippen LogP contribution in [-0.4, -0.2) is 28.0 Å².